The fourth-order valence-electron chi connectivity index (χ4n) is 3.32. The van der Waals surface area contributed by atoms with E-state index < -0.39 is 9.84 Å². The minimum absolute atomic E-state index is 0.104. The summed E-state index contributed by atoms with van der Waals surface area (Å²) in [5.41, 5.74) is 0.768. The summed E-state index contributed by atoms with van der Waals surface area (Å²) in [6, 6.07) is 6.22. The first-order chi connectivity index (χ1) is 12.8. The maximum Gasteiger partial charge on any atom is 0.240 e. The van der Waals surface area contributed by atoms with Crippen LogP contribution in [0.2, 0.25) is 0 Å². The monoisotopic (exact) mass is 411 g/mol. The highest BCUT2D eigenvalue weighted by molar-refractivity contribution is 7.99. The number of sulfone groups is 1. The molecule has 1 aromatic rings. The Hall–Kier alpha value is -1.58. The molecular weight excluding hydrogens is 386 g/mol. The minimum Gasteiger partial charge on any atom is -0.355 e. The van der Waals surface area contributed by atoms with Crippen molar-refractivity contribution in [3.05, 3.63) is 29.8 Å². The Bertz CT molecular complexity index is 789. The highest BCUT2D eigenvalue weighted by Gasteiger charge is 2.33. The molecule has 0 spiro atoms. The van der Waals surface area contributed by atoms with Gasteiger partial charge in [0.2, 0.25) is 11.8 Å². The first kappa shape index (κ1) is 20.2. The van der Waals surface area contributed by atoms with E-state index in [9.17, 15) is 18.0 Å². The van der Waals surface area contributed by atoms with Gasteiger partial charge in [-0.25, -0.2) is 8.42 Å². The van der Waals surface area contributed by atoms with Crippen LogP contribution in [-0.4, -0.2) is 68.7 Å². The number of benzene rings is 1. The number of nitrogens with zero attached hydrogens (tertiary/aromatic N) is 1. The van der Waals surface area contributed by atoms with E-state index in [0.29, 0.717) is 6.54 Å². The van der Waals surface area contributed by atoms with E-state index in [1.807, 2.05) is 4.90 Å². The highest BCUT2D eigenvalue weighted by Crippen LogP contribution is 2.20. The molecular formula is C18H25N3O4S2. The first-order valence-corrected chi connectivity index (χ1v) is 12.0. The summed E-state index contributed by atoms with van der Waals surface area (Å²) < 4.78 is 22.9. The summed E-state index contributed by atoms with van der Waals surface area (Å²) in [5, 5.41) is 6.19. The molecule has 9 heteroatoms. The van der Waals surface area contributed by atoms with Crippen LogP contribution in [0, 0.1) is 5.92 Å². The van der Waals surface area contributed by atoms with Crippen molar-refractivity contribution in [3.63, 3.8) is 0 Å². The zero-order valence-electron chi connectivity index (χ0n) is 15.3. The van der Waals surface area contributed by atoms with Gasteiger partial charge in [0.05, 0.1) is 23.2 Å². The summed E-state index contributed by atoms with van der Waals surface area (Å²) in [6.45, 7) is 2.08. The second kappa shape index (κ2) is 8.62. The van der Waals surface area contributed by atoms with Crippen LogP contribution in [0.5, 0.6) is 0 Å². The van der Waals surface area contributed by atoms with Gasteiger partial charge in [-0.2, -0.15) is 0 Å². The molecule has 2 saturated heterocycles. The van der Waals surface area contributed by atoms with Gasteiger partial charge in [-0.3, -0.25) is 9.59 Å². The number of hydrogen-bond acceptors (Lipinski definition) is 6. The fourth-order valence-corrected chi connectivity index (χ4v) is 4.91. The molecule has 2 aliphatic rings. The van der Waals surface area contributed by atoms with Crippen LogP contribution in [-0.2, 0) is 25.8 Å². The van der Waals surface area contributed by atoms with E-state index in [2.05, 4.69) is 10.6 Å². The smallest absolute Gasteiger partial charge is 0.240 e. The van der Waals surface area contributed by atoms with Gasteiger partial charge in [-0.05, 0) is 30.0 Å². The zero-order chi connectivity index (χ0) is 19.4. The molecule has 2 atom stereocenters. The van der Waals surface area contributed by atoms with Crippen molar-refractivity contribution in [1.82, 2.24) is 15.5 Å². The summed E-state index contributed by atoms with van der Waals surface area (Å²) in [6.07, 6.45) is 2.10. The quantitative estimate of drug-likeness (QED) is 0.697. The van der Waals surface area contributed by atoms with Crippen molar-refractivity contribution in [2.45, 2.75) is 23.8 Å². The third-order valence-electron chi connectivity index (χ3n) is 4.89. The predicted octanol–water partition coefficient (Wildman–Crippen LogP) is 0.260. The molecule has 1 aromatic carbocycles. The number of hydrogen-bond donors (Lipinski definition) is 2. The van der Waals surface area contributed by atoms with Crippen molar-refractivity contribution in [1.29, 1.82) is 0 Å². The number of rotatable bonds is 6. The predicted molar refractivity (Wildman–Crippen MR) is 105 cm³/mol. The summed E-state index contributed by atoms with van der Waals surface area (Å²) in [5.74, 6) is 2.08. The number of amides is 2. The lowest BCUT2D eigenvalue weighted by Gasteiger charge is -2.19. The van der Waals surface area contributed by atoms with Crippen molar-refractivity contribution >= 4 is 33.4 Å². The molecule has 148 valence electrons. The first-order valence-electron chi connectivity index (χ1n) is 8.98. The standard InChI is InChI=1S/C18H25N3O4S2/c1-27(24,25)15-4-2-13(3-5-15)9-17(22)20-11-14-8-16(19-10-14)18(23)21-6-7-26-12-21/h2-5,14,16,19H,6-12H2,1H3,(H,20,22)/t14-,16?/m0/s1. The Morgan fingerprint density at radius 1 is 1.30 bits per heavy atom. The Morgan fingerprint density at radius 2 is 2.04 bits per heavy atom. The molecule has 2 aliphatic heterocycles. The number of carbonyl (C=O) groups is 2. The Balaban J connectivity index is 1.42. The third-order valence-corrected chi connectivity index (χ3v) is 6.98. The van der Waals surface area contributed by atoms with Crippen molar-refractivity contribution in [3.8, 4) is 0 Å². The SMILES string of the molecule is CS(=O)(=O)c1ccc(CC(=O)NC[C@@H]2CNC(C(=O)N3CCSC3)C2)cc1. The summed E-state index contributed by atoms with van der Waals surface area (Å²) >= 11 is 1.77. The van der Waals surface area contributed by atoms with Crippen LogP contribution in [0.3, 0.4) is 0 Å². The van der Waals surface area contributed by atoms with Crippen LogP contribution in [0.1, 0.15) is 12.0 Å². The lowest BCUT2D eigenvalue weighted by molar-refractivity contribution is -0.131. The lowest BCUT2D eigenvalue weighted by atomic mass is 10.0. The van der Waals surface area contributed by atoms with Crippen LogP contribution in [0.25, 0.3) is 0 Å². The highest BCUT2D eigenvalue weighted by atomic mass is 32.2. The van der Waals surface area contributed by atoms with E-state index >= 15 is 0 Å². The molecule has 27 heavy (non-hydrogen) atoms. The maximum atomic E-state index is 12.4. The third kappa shape index (κ3) is 5.46. The lowest BCUT2D eigenvalue weighted by Crippen LogP contribution is -2.42. The molecule has 7 nitrogen and oxygen atoms in total. The average molecular weight is 412 g/mol. The zero-order valence-corrected chi connectivity index (χ0v) is 16.9. The van der Waals surface area contributed by atoms with Gasteiger partial charge in [0.15, 0.2) is 9.84 Å². The molecule has 1 unspecified atom stereocenters. The molecule has 0 aliphatic carbocycles. The molecule has 2 N–H and O–H groups in total. The van der Waals surface area contributed by atoms with Gasteiger partial charge in [-0.1, -0.05) is 12.1 Å². The van der Waals surface area contributed by atoms with Crippen molar-refractivity contribution in [2.24, 2.45) is 5.92 Å². The number of thioether (sulfide) groups is 1. The molecule has 2 amide bonds. The van der Waals surface area contributed by atoms with Crippen LogP contribution in [0.15, 0.2) is 29.2 Å². The number of nitrogens with one attached hydrogen (secondary N) is 2. The number of carbonyl (C=O) groups excluding carboxylic acids is 2. The van der Waals surface area contributed by atoms with Gasteiger partial charge in [0.25, 0.3) is 0 Å². The maximum absolute atomic E-state index is 12.4. The summed E-state index contributed by atoms with van der Waals surface area (Å²) in [7, 11) is -3.23. The molecule has 2 fully saturated rings. The Kier molecular flexibility index (Phi) is 6.44. The van der Waals surface area contributed by atoms with Gasteiger partial charge < -0.3 is 15.5 Å². The minimum atomic E-state index is -3.23. The molecule has 2 heterocycles. The normalized spacial score (nSPS) is 22.8. The second-order valence-electron chi connectivity index (χ2n) is 7.10. The molecule has 0 aromatic heterocycles. The van der Waals surface area contributed by atoms with Crippen LogP contribution in [0.4, 0.5) is 0 Å². The molecule has 3 rings (SSSR count). The van der Waals surface area contributed by atoms with Crippen molar-refractivity contribution in [2.75, 3.05) is 37.5 Å². The van der Waals surface area contributed by atoms with Gasteiger partial charge in [0.1, 0.15) is 0 Å². The second-order valence-corrected chi connectivity index (χ2v) is 10.2. The molecule has 0 bridgehead atoms. The van der Waals surface area contributed by atoms with Gasteiger partial charge in [0, 0.05) is 31.6 Å². The summed E-state index contributed by atoms with van der Waals surface area (Å²) in [4.78, 5) is 26.7. The van der Waals surface area contributed by atoms with Crippen LogP contribution >= 0.6 is 11.8 Å². The Morgan fingerprint density at radius 3 is 2.67 bits per heavy atom. The van der Waals surface area contributed by atoms with E-state index in [-0.39, 0.29) is 35.1 Å². The van der Waals surface area contributed by atoms with Crippen LogP contribution < -0.4 is 10.6 Å². The van der Waals surface area contributed by atoms with E-state index in [0.717, 1.165) is 43.0 Å². The fraction of sp³-hybridized carbons (Fsp3) is 0.556. The molecule has 0 saturated carbocycles. The van der Waals surface area contributed by atoms with Crippen molar-refractivity contribution < 1.29 is 18.0 Å². The average Bonchev–Trinajstić information content (AvgIpc) is 3.31. The largest absolute Gasteiger partial charge is 0.355 e. The molecule has 0 radical (unpaired) electrons. The van der Waals surface area contributed by atoms with Gasteiger partial charge in [-0.15, -0.1) is 11.8 Å². The van der Waals surface area contributed by atoms with E-state index in [1.165, 1.54) is 12.1 Å². The Labute approximate surface area is 164 Å². The van der Waals surface area contributed by atoms with E-state index in [1.54, 1.807) is 23.9 Å². The van der Waals surface area contributed by atoms with E-state index in [4.69, 9.17) is 0 Å². The van der Waals surface area contributed by atoms with Gasteiger partial charge >= 0.3 is 0 Å². The topological polar surface area (TPSA) is 95.6 Å².